The Hall–Kier alpha value is -6.16. The van der Waals surface area contributed by atoms with E-state index < -0.39 is 30.4 Å². The Labute approximate surface area is 354 Å². The van der Waals surface area contributed by atoms with E-state index in [-0.39, 0.29) is 41.8 Å². The molecule has 3 aliphatic heterocycles. The van der Waals surface area contributed by atoms with Gasteiger partial charge in [-0.2, -0.15) is 0 Å². The van der Waals surface area contributed by atoms with Crippen molar-refractivity contribution in [1.82, 2.24) is 40.4 Å². The van der Waals surface area contributed by atoms with E-state index in [0.29, 0.717) is 31.2 Å². The summed E-state index contributed by atoms with van der Waals surface area (Å²) in [6, 6.07) is 12.3. The molecule has 7 atom stereocenters. The molecule has 0 radical (unpaired) electrons. The van der Waals surface area contributed by atoms with Gasteiger partial charge >= 0.3 is 12.2 Å². The maximum Gasteiger partial charge on any atom is 0.407 e. The highest BCUT2D eigenvalue weighted by Gasteiger charge is 2.43. The summed E-state index contributed by atoms with van der Waals surface area (Å²) in [4.78, 5) is 72.6. The number of hydrogen-bond donors (Lipinski definition) is 4. The lowest BCUT2D eigenvalue weighted by atomic mass is 9.92. The zero-order chi connectivity index (χ0) is 43.3. The number of nitrogens with zero attached hydrogens (tertiary/aromatic N) is 4. The van der Waals surface area contributed by atoms with Crippen molar-refractivity contribution < 1.29 is 38.1 Å². The molecule has 2 aromatic heterocycles. The SMILES string of the molecule is COC(=O)N[C@H](C(=O)N1[C@@H](C)CC[C@H]1c1ncc(-c2ccc3c(c2)COc2cc4c(ccc5[nH]c([C@@H]6C[C@H](C)CN6C(=O)[C@@H](NC(=O)OC)C(C)OC)nc54)cc2-3)[nH]1)C(C)C. The molecule has 4 N–H and O–H groups in total. The normalized spacial score (nSPS) is 21.1. The van der Waals surface area contributed by atoms with Crippen LogP contribution >= 0.6 is 0 Å². The van der Waals surface area contributed by atoms with Gasteiger partial charge in [0.25, 0.3) is 0 Å². The van der Waals surface area contributed by atoms with E-state index in [2.05, 4.69) is 57.9 Å². The monoisotopic (exact) mass is 834 g/mol. The van der Waals surface area contributed by atoms with Crippen LogP contribution in [-0.2, 0) is 30.4 Å². The molecule has 8 rings (SSSR count). The number of imidazole rings is 2. The fourth-order valence-corrected chi connectivity index (χ4v) is 9.20. The molecule has 5 heterocycles. The van der Waals surface area contributed by atoms with E-state index in [1.807, 2.05) is 44.0 Å². The Balaban J connectivity index is 1.05. The lowest BCUT2D eigenvalue weighted by Gasteiger charge is -2.32. The molecule has 0 saturated carbocycles. The van der Waals surface area contributed by atoms with Crippen molar-refractivity contribution in [2.45, 2.75) is 96.8 Å². The average Bonchev–Trinajstić information content (AvgIpc) is 4.08. The topological polar surface area (TPSA) is 193 Å². The van der Waals surface area contributed by atoms with Crippen LogP contribution in [0, 0.1) is 11.8 Å². The molecule has 322 valence electrons. The van der Waals surface area contributed by atoms with Crippen molar-refractivity contribution in [2.75, 3.05) is 27.9 Å². The number of amides is 4. The van der Waals surface area contributed by atoms with E-state index in [4.69, 9.17) is 28.9 Å². The van der Waals surface area contributed by atoms with Crippen molar-refractivity contribution in [1.29, 1.82) is 0 Å². The van der Waals surface area contributed by atoms with Crippen LogP contribution in [-0.4, -0.2) is 106 Å². The van der Waals surface area contributed by atoms with Gasteiger partial charge in [-0.05, 0) is 91.3 Å². The zero-order valence-corrected chi connectivity index (χ0v) is 35.8. The first-order valence-corrected chi connectivity index (χ1v) is 20.9. The van der Waals surface area contributed by atoms with Gasteiger partial charge in [-0.3, -0.25) is 9.59 Å². The fourth-order valence-electron chi connectivity index (χ4n) is 9.20. The minimum atomic E-state index is -0.930. The van der Waals surface area contributed by atoms with Crippen LogP contribution < -0.4 is 15.4 Å². The van der Waals surface area contributed by atoms with Crippen LogP contribution in [0.1, 0.15) is 83.2 Å². The van der Waals surface area contributed by atoms with Gasteiger partial charge in [-0.15, -0.1) is 0 Å². The molecule has 0 aliphatic carbocycles. The Morgan fingerprint density at radius 2 is 1.61 bits per heavy atom. The molecule has 5 aromatic rings. The highest BCUT2D eigenvalue weighted by atomic mass is 16.5. The van der Waals surface area contributed by atoms with E-state index in [0.717, 1.165) is 68.3 Å². The Morgan fingerprint density at radius 3 is 2.33 bits per heavy atom. The third kappa shape index (κ3) is 7.73. The molecule has 4 amide bonds. The van der Waals surface area contributed by atoms with Crippen LogP contribution in [0.4, 0.5) is 9.59 Å². The van der Waals surface area contributed by atoms with Gasteiger partial charge in [-0.25, -0.2) is 19.6 Å². The number of rotatable bonds is 10. The number of ether oxygens (including phenoxy) is 4. The molecule has 16 nitrogen and oxygen atoms in total. The number of fused-ring (bicyclic) bond motifs is 6. The molecule has 16 heteroatoms. The van der Waals surface area contributed by atoms with Crippen molar-refractivity contribution in [2.24, 2.45) is 11.8 Å². The Morgan fingerprint density at radius 1 is 0.852 bits per heavy atom. The van der Waals surface area contributed by atoms with Crippen LogP contribution in [0.2, 0.25) is 0 Å². The Kier molecular flexibility index (Phi) is 11.4. The van der Waals surface area contributed by atoms with Crippen molar-refractivity contribution >= 4 is 45.8 Å². The molecule has 0 bridgehead atoms. The second-order valence-electron chi connectivity index (χ2n) is 16.9. The van der Waals surface area contributed by atoms with Crippen molar-refractivity contribution in [3.8, 4) is 28.1 Å². The number of nitrogens with one attached hydrogen (secondary N) is 4. The number of alkyl carbamates (subject to hydrolysis) is 2. The van der Waals surface area contributed by atoms with Gasteiger partial charge in [0.1, 0.15) is 36.1 Å². The first-order chi connectivity index (χ1) is 29.3. The summed E-state index contributed by atoms with van der Waals surface area (Å²) in [6.45, 7) is 10.6. The van der Waals surface area contributed by atoms with Gasteiger partial charge in [-0.1, -0.05) is 39.0 Å². The summed E-state index contributed by atoms with van der Waals surface area (Å²) in [7, 11) is 4.06. The highest BCUT2D eigenvalue weighted by molar-refractivity contribution is 6.07. The molecule has 2 saturated heterocycles. The maximum atomic E-state index is 14.0. The third-order valence-corrected chi connectivity index (χ3v) is 12.6. The minimum Gasteiger partial charge on any atom is -0.488 e. The smallest absolute Gasteiger partial charge is 0.407 e. The maximum absolute atomic E-state index is 14.0. The molecule has 3 aliphatic rings. The summed E-state index contributed by atoms with van der Waals surface area (Å²) in [6.07, 6.45) is 2.17. The summed E-state index contributed by atoms with van der Waals surface area (Å²) < 4.78 is 21.5. The van der Waals surface area contributed by atoms with Gasteiger partial charge in [0, 0.05) is 30.6 Å². The molecular weight excluding hydrogens is 781 g/mol. The molecule has 1 unspecified atom stereocenters. The quantitative estimate of drug-likeness (QED) is 0.117. The number of aromatic amines is 2. The molecule has 0 spiro atoms. The predicted octanol–water partition coefficient (Wildman–Crippen LogP) is 6.77. The zero-order valence-electron chi connectivity index (χ0n) is 35.8. The lowest BCUT2D eigenvalue weighted by molar-refractivity contribution is -0.138. The Bertz CT molecular complexity index is 2500. The number of aromatic nitrogens is 4. The van der Waals surface area contributed by atoms with E-state index in [1.54, 1.807) is 11.8 Å². The van der Waals surface area contributed by atoms with Gasteiger partial charge in [0.15, 0.2) is 0 Å². The van der Waals surface area contributed by atoms with Gasteiger partial charge < -0.3 is 49.3 Å². The standard InChI is InChI=1S/C45H54N8O8/c1-22(2)37(50-44(56)59-7)43(55)53-24(4)9-14-34(53)40-46-19-33(48-40)27-10-12-29-28(16-27)21-61-36-18-30-26(17-31(29)36)11-13-32-39(30)49-41(47-32)35-15-23(3)20-52(35)42(54)38(25(5)58-6)51-45(57)60-8/h10-13,16-19,22-25,34-35,37-38H,9,14-15,20-21H2,1-8H3,(H,46,48)(H,47,49)(H,50,56)(H,51,57)/t23-,24-,25?,34-,35-,37-,38-/m0/s1. The number of H-pyrrole nitrogens is 2. The molecule has 2 fully saturated rings. The van der Waals surface area contributed by atoms with Crippen LogP contribution in [0.25, 0.3) is 44.2 Å². The average molecular weight is 835 g/mol. The van der Waals surface area contributed by atoms with Crippen molar-refractivity contribution in [3.05, 3.63) is 65.9 Å². The number of carbonyl (C=O) groups is 4. The predicted molar refractivity (Wildman–Crippen MR) is 227 cm³/mol. The number of methoxy groups -OCH3 is 3. The largest absolute Gasteiger partial charge is 0.488 e. The number of hydrogen-bond acceptors (Lipinski definition) is 10. The number of carbonyl (C=O) groups excluding carboxylic acids is 4. The second kappa shape index (κ2) is 16.7. The fraction of sp³-hybridized carbons (Fsp3) is 0.467. The molecule has 3 aromatic carbocycles. The first-order valence-electron chi connectivity index (χ1n) is 20.9. The molecular formula is C45H54N8O8. The third-order valence-electron chi connectivity index (χ3n) is 12.6. The molecule has 61 heavy (non-hydrogen) atoms. The summed E-state index contributed by atoms with van der Waals surface area (Å²) in [5, 5.41) is 7.31. The van der Waals surface area contributed by atoms with Crippen LogP contribution in [0.5, 0.6) is 5.75 Å². The summed E-state index contributed by atoms with van der Waals surface area (Å²) in [5.41, 5.74) is 6.50. The van der Waals surface area contributed by atoms with Crippen LogP contribution in [0.3, 0.4) is 0 Å². The van der Waals surface area contributed by atoms with E-state index >= 15 is 0 Å². The van der Waals surface area contributed by atoms with E-state index in [9.17, 15) is 19.2 Å². The van der Waals surface area contributed by atoms with Gasteiger partial charge in [0.2, 0.25) is 11.8 Å². The number of likely N-dealkylation sites (tertiary alicyclic amines) is 2. The summed E-state index contributed by atoms with van der Waals surface area (Å²) in [5.74, 6) is 1.80. The summed E-state index contributed by atoms with van der Waals surface area (Å²) >= 11 is 0. The lowest BCUT2D eigenvalue weighted by Crippen LogP contribution is -2.54. The second-order valence-corrected chi connectivity index (χ2v) is 16.9. The van der Waals surface area contributed by atoms with E-state index in [1.165, 1.54) is 21.3 Å². The number of benzene rings is 3. The van der Waals surface area contributed by atoms with Crippen molar-refractivity contribution in [3.63, 3.8) is 0 Å². The van der Waals surface area contributed by atoms with Gasteiger partial charge in [0.05, 0.1) is 55.3 Å². The first kappa shape index (κ1) is 41.6. The highest BCUT2D eigenvalue weighted by Crippen LogP contribution is 2.44. The van der Waals surface area contributed by atoms with Crippen LogP contribution in [0.15, 0.2) is 48.7 Å². The minimum absolute atomic E-state index is 0.0198.